The van der Waals surface area contributed by atoms with Gasteiger partial charge in [-0.25, -0.2) is 4.39 Å². The van der Waals surface area contributed by atoms with Crippen molar-refractivity contribution in [3.8, 4) is 0 Å². The third kappa shape index (κ3) is 1.99. The largest absolute Gasteiger partial charge is 0.481 e. The molecule has 1 aromatic carbocycles. The molecule has 1 saturated carbocycles. The number of anilines is 1. The third-order valence-electron chi connectivity index (χ3n) is 4.18. The summed E-state index contributed by atoms with van der Waals surface area (Å²) in [6, 6.07) is 5.87. The maximum Gasteiger partial charge on any atom is 0.307 e. The van der Waals surface area contributed by atoms with Crippen molar-refractivity contribution in [2.45, 2.75) is 6.42 Å². The zero-order valence-electron chi connectivity index (χ0n) is 10.6. The molecule has 0 aromatic heterocycles. The van der Waals surface area contributed by atoms with Crippen molar-refractivity contribution in [2.24, 2.45) is 23.7 Å². The summed E-state index contributed by atoms with van der Waals surface area (Å²) in [5, 5.41) is 11.8. The first-order valence-electron chi connectivity index (χ1n) is 6.54. The number of carbonyl (C=O) groups excluding carboxylic acids is 1. The zero-order chi connectivity index (χ0) is 14.3. The van der Waals surface area contributed by atoms with Crippen LogP contribution in [0.3, 0.4) is 0 Å². The number of halogens is 1. The number of allylic oxidation sites excluding steroid dienone is 2. The summed E-state index contributed by atoms with van der Waals surface area (Å²) in [6.45, 7) is 0. The predicted molar refractivity (Wildman–Crippen MR) is 70.4 cm³/mol. The molecule has 3 rings (SSSR count). The van der Waals surface area contributed by atoms with E-state index in [0.29, 0.717) is 6.42 Å². The molecular formula is C15H14FNO3. The van der Waals surface area contributed by atoms with E-state index in [9.17, 15) is 19.1 Å². The van der Waals surface area contributed by atoms with E-state index in [4.69, 9.17) is 0 Å². The Morgan fingerprint density at radius 3 is 2.45 bits per heavy atom. The summed E-state index contributed by atoms with van der Waals surface area (Å²) < 4.78 is 13.5. The number of hydrogen-bond donors (Lipinski definition) is 2. The highest BCUT2D eigenvalue weighted by Gasteiger charge is 2.51. The minimum absolute atomic E-state index is 0.0622. The molecule has 0 radical (unpaired) electrons. The normalized spacial score (nSPS) is 30.4. The summed E-state index contributed by atoms with van der Waals surface area (Å²) in [4.78, 5) is 23.6. The van der Waals surface area contributed by atoms with Crippen LogP contribution in [0.2, 0.25) is 0 Å². The van der Waals surface area contributed by atoms with Gasteiger partial charge in [0.05, 0.1) is 17.5 Å². The Bertz CT molecular complexity index is 599. The summed E-state index contributed by atoms with van der Waals surface area (Å²) in [6.07, 6.45) is 4.46. The molecule has 0 spiro atoms. The number of carboxylic acids is 1. The van der Waals surface area contributed by atoms with Gasteiger partial charge in [0.25, 0.3) is 0 Å². The molecule has 1 fully saturated rings. The van der Waals surface area contributed by atoms with Gasteiger partial charge in [0.15, 0.2) is 0 Å². The summed E-state index contributed by atoms with van der Waals surface area (Å²) in [5.74, 6) is -3.39. The number of aliphatic carboxylic acids is 1. The lowest BCUT2D eigenvalue weighted by Crippen LogP contribution is -2.36. The van der Waals surface area contributed by atoms with Crippen molar-refractivity contribution in [3.63, 3.8) is 0 Å². The van der Waals surface area contributed by atoms with E-state index in [1.54, 1.807) is 6.07 Å². The van der Waals surface area contributed by atoms with E-state index < -0.39 is 29.5 Å². The number of fused-ring (bicyclic) bond motifs is 2. The van der Waals surface area contributed by atoms with E-state index in [1.165, 1.54) is 18.2 Å². The van der Waals surface area contributed by atoms with E-state index in [0.717, 1.165) is 0 Å². The van der Waals surface area contributed by atoms with Crippen LogP contribution >= 0.6 is 0 Å². The number of rotatable bonds is 3. The highest BCUT2D eigenvalue weighted by molar-refractivity contribution is 5.96. The fraction of sp³-hybridized carbons (Fsp3) is 0.333. The molecule has 4 nitrogen and oxygen atoms in total. The van der Waals surface area contributed by atoms with Crippen LogP contribution in [-0.2, 0) is 9.59 Å². The van der Waals surface area contributed by atoms with Gasteiger partial charge in [-0.15, -0.1) is 0 Å². The lowest BCUT2D eigenvalue weighted by atomic mass is 9.82. The summed E-state index contributed by atoms with van der Waals surface area (Å²) in [5.41, 5.74) is 0.0911. The fourth-order valence-electron chi connectivity index (χ4n) is 3.29. The second-order valence-corrected chi connectivity index (χ2v) is 5.31. The van der Waals surface area contributed by atoms with Gasteiger partial charge < -0.3 is 10.4 Å². The SMILES string of the molecule is O=C(O)[C@@H]1C2C=CC(C2)[C@@H]1C(=O)Nc1ccccc1F. The highest BCUT2D eigenvalue weighted by Crippen LogP contribution is 2.48. The molecule has 5 heteroatoms. The number of carbonyl (C=O) groups is 2. The van der Waals surface area contributed by atoms with Gasteiger partial charge >= 0.3 is 5.97 Å². The Kier molecular flexibility index (Phi) is 3.04. The van der Waals surface area contributed by atoms with Gasteiger partial charge in [-0.3, -0.25) is 9.59 Å². The summed E-state index contributed by atoms with van der Waals surface area (Å²) >= 11 is 0. The number of amides is 1. The van der Waals surface area contributed by atoms with Gasteiger partial charge in [0.1, 0.15) is 5.82 Å². The Hall–Kier alpha value is -2.17. The van der Waals surface area contributed by atoms with Crippen molar-refractivity contribution in [2.75, 3.05) is 5.32 Å². The number of para-hydroxylation sites is 1. The monoisotopic (exact) mass is 275 g/mol. The standard InChI is InChI=1S/C15H14FNO3/c16-10-3-1-2-4-11(10)17-14(18)12-8-5-6-9(7-8)13(12)15(19)20/h1-6,8-9,12-13H,7H2,(H,17,18)(H,19,20)/t8?,9?,12-,13+/m0/s1. The molecule has 2 N–H and O–H groups in total. The molecule has 1 aromatic rings. The second kappa shape index (κ2) is 4.74. The van der Waals surface area contributed by atoms with Crippen LogP contribution in [0.1, 0.15) is 6.42 Å². The smallest absolute Gasteiger partial charge is 0.307 e. The van der Waals surface area contributed by atoms with E-state index in [1.807, 2.05) is 12.2 Å². The lowest BCUT2D eigenvalue weighted by molar-refractivity contribution is -0.146. The molecule has 2 aliphatic carbocycles. The Morgan fingerprint density at radius 2 is 1.80 bits per heavy atom. The molecule has 2 aliphatic rings. The van der Waals surface area contributed by atoms with Crippen LogP contribution in [0.15, 0.2) is 36.4 Å². The zero-order valence-corrected chi connectivity index (χ0v) is 10.6. The quantitative estimate of drug-likeness (QED) is 0.832. The molecular weight excluding hydrogens is 261 g/mol. The number of carboxylic acid groups (broad SMARTS) is 1. The molecule has 0 saturated heterocycles. The first-order chi connectivity index (χ1) is 9.58. The third-order valence-corrected chi connectivity index (χ3v) is 4.18. The minimum atomic E-state index is -0.962. The minimum Gasteiger partial charge on any atom is -0.481 e. The number of nitrogens with one attached hydrogen (secondary N) is 1. The molecule has 0 aliphatic heterocycles. The average molecular weight is 275 g/mol. The van der Waals surface area contributed by atoms with Gasteiger partial charge in [-0.2, -0.15) is 0 Å². The Morgan fingerprint density at radius 1 is 1.15 bits per heavy atom. The molecule has 0 heterocycles. The molecule has 4 atom stereocenters. The summed E-state index contributed by atoms with van der Waals surface area (Å²) in [7, 11) is 0. The molecule has 2 bridgehead atoms. The number of benzene rings is 1. The maximum atomic E-state index is 13.5. The van der Waals surface area contributed by atoms with E-state index >= 15 is 0 Å². The van der Waals surface area contributed by atoms with E-state index in [2.05, 4.69) is 5.32 Å². The topological polar surface area (TPSA) is 66.4 Å². The number of hydrogen-bond acceptors (Lipinski definition) is 2. The van der Waals surface area contributed by atoms with Gasteiger partial charge in [0, 0.05) is 0 Å². The molecule has 20 heavy (non-hydrogen) atoms. The molecule has 2 unspecified atom stereocenters. The van der Waals surface area contributed by atoms with Gasteiger partial charge in [-0.1, -0.05) is 24.3 Å². The van der Waals surface area contributed by atoms with Crippen LogP contribution in [-0.4, -0.2) is 17.0 Å². The van der Waals surface area contributed by atoms with Crippen LogP contribution in [0, 0.1) is 29.5 Å². The molecule has 104 valence electrons. The van der Waals surface area contributed by atoms with Crippen molar-refractivity contribution in [1.82, 2.24) is 0 Å². The first kappa shape index (κ1) is 12.8. The highest BCUT2D eigenvalue weighted by atomic mass is 19.1. The average Bonchev–Trinajstić information content (AvgIpc) is 3.01. The van der Waals surface area contributed by atoms with Crippen molar-refractivity contribution >= 4 is 17.6 Å². The second-order valence-electron chi connectivity index (χ2n) is 5.31. The maximum absolute atomic E-state index is 13.5. The van der Waals surface area contributed by atoms with Crippen molar-refractivity contribution < 1.29 is 19.1 Å². The van der Waals surface area contributed by atoms with Gasteiger partial charge in [0.2, 0.25) is 5.91 Å². The fourth-order valence-corrected chi connectivity index (χ4v) is 3.29. The lowest BCUT2D eigenvalue weighted by Gasteiger charge is -2.23. The predicted octanol–water partition coefficient (Wildman–Crippen LogP) is 2.29. The van der Waals surface area contributed by atoms with Crippen molar-refractivity contribution in [1.29, 1.82) is 0 Å². The first-order valence-corrected chi connectivity index (χ1v) is 6.54. The van der Waals surface area contributed by atoms with Gasteiger partial charge in [-0.05, 0) is 30.4 Å². The van der Waals surface area contributed by atoms with E-state index in [-0.39, 0.29) is 17.5 Å². The van der Waals surface area contributed by atoms with Crippen LogP contribution in [0.4, 0.5) is 10.1 Å². The van der Waals surface area contributed by atoms with Crippen molar-refractivity contribution in [3.05, 3.63) is 42.2 Å². The van der Waals surface area contributed by atoms with Crippen LogP contribution < -0.4 is 5.32 Å². The van der Waals surface area contributed by atoms with Crippen LogP contribution in [0.5, 0.6) is 0 Å². The van der Waals surface area contributed by atoms with Crippen LogP contribution in [0.25, 0.3) is 0 Å². The molecule has 1 amide bonds. The Balaban J connectivity index is 1.82. The Labute approximate surface area is 115 Å².